The third-order valence-electron chi connectivity index (χ3n) is 4.74. The van der Waals surface area contributed by atoms with Crippen LogP contribution in [0.1, 0.15) is 34.4 Å². The van der Waals surface area contributed by atoms with Crippen molar-refractivity contribution in [1.82, 2.24) is 15.2 Å². The molecular weight excluding hydrogens is 272 g/mol. The topological polar surface area (TPSA) is 67.6 Å². The Morgan fingerprint density at radius 1 is 1.23 bits per heavy atom. The van der Waals surface area contributed by atoms with Crippen LogP contribution in [-0.2, 0) is 25.7 Å². The first kappa shape index (κ1) is 13.3. The van der Waals surface area contributed by atoms with E-state index in [-0.39, 0.29) is 0 Å². The van der Waals surface area contributed by atoms with Gasteiger partial charge >= 0.3 is 0 Å². The lowest BCUT2D eigenvalue weighted by atomic mass is 9.97. The number of rotatable bonds is 3. The van der Waals surface area contributed by atoms with Crippen molar-refractivity contribution in [2.45, 2.75) is 39.0 Å². The summed E-state index contributed by atoms with van der Waals surface area (Å²) >= 11 is 0. The maximum Gasteiger partial charge on any atom is 0.183 e. The van der Waals surface area contributed by atoms with E-state index in [9.17, 15) is 0 Å². The van der Waals surface area contributed by atoms with Crippen LogP contribution in [0.25, 0.3) is 11.0 Å². The van der Waals surface area contributed by atoms with E-state index >= 15 is 0 Å². The molecule has 1 aliphatic carbocycles. The third-order valence-corrected chi connectivity index (χ3v) is 4.74. The molecule has 0 fully saturated rings. The van der Waals surface area contributed by atoms with Crippen LogP contribution in [0.2, 0.25) is 0 Å². The number of aromatic amines is 1. The summed E-state index contributed by atoms with van der Waals surface area (Å²) in [5.41, 5.74) is 13.5. The molecule has 0 spiro atoms. The molecule has 112 valence electrons. The smallest absolute Gasteiger partial charge is 0.183 e. The minimum absolute atomic E-state index is 0.595. The number of hydrogen-bond acceptors (Lipinski definition) is 3. The Hall–Kier alpha value is -2.36. The Balaban J connectivity index is 1.62. The summed E-state index contributed by atoms with van der Waals surface area (Å²) in [4.78, 5) is 4.68. The molecule has 0 saturated heterocycles. The number of aromatic nitrogens is 3. The predicted octanol–water partition coefficient (Wildman–Crippen LogP) is 3.12. The molecule has 0 radical (unpaired) electrons. The second-order valence-electron chi connectivity index (χ2n) is 6.17. The number of nitrogens with two attached hydrogens (primary N) is 1. The summed E-state index contributed by atoms with van der Waals surface area (Å²) in [5.74, 6) is 0.595. The van der Waals surface area contributed by atoms with Gasteiger partial charge in [-0.2, -0.15) is 5.10 Å². The Morgan fingerprint density at radius 3 is 3.05 bits per heavy atom. The van der Waals surface area contributed by atoms with Crippen molar-refractivity contribution in [2.24, 2.45) is 0 Å². The van der Waals surface area contributed by atoms with Crippen molar-refractivity contribution in [3.05, 3.63) is 52.2 Å². The quantitative estimate of drug-likeness (QED) is 0.779. The highest BCUT2D eigenvalue weighted by molar-refractivity contribution is 5.86. The normalized spacial score (nSPS) is 13.7. The highest BCUT2D eigenvalue weighted by Crippen LogP contribution is 2.27. The van der Waals surface area contributed by atoms with Crippen molar-refractivity contribution in [3.63, 3.8) is 0 Å². The zero-order valence-electron chi connectivity index (χ0n) is 12.8. The van der Waals surface area contributed by atoms with E-state index in [1.54, 1.807) is 5.56 Å². The van der Waals surface area contributed by atoms with Crippen LogP contribution in [0.4, 0.5) is 5.82 Å². The molecule has 1 aromatic carbocycles. The average Bonchev–Trinajstić information content (AvgIpc) is 3.13. The molecule has 0 unspecified atom stereocenters. The molecule has 0 bridgehead atoms. The van der Waals surface area contributed by atoms with E-state index in [4.69, 9.17) is 5.73 Å². The van der Waals surface area contributed by atoms with Crippen molar-refractivity contribution >= 4 is 16.9 Å². The summed E-state index contributed by atoms with van der Waals surface area (Å²) in [6, 6.07) is 8.82. The number of anilines is 1. The molecule has 4 heteroatoms. The summed E-state index contributed by atoms with van der Waals surface area (Å²) in [6.07, 6.45) is 5.75. The number of hydrogen-bond donors (Lipinski definition) is 2. The Labute approximate surface area is 129 Å². The van der Waals surface area contributed by atoms with Gasteiger partial charge in [0.1, 0.15) is 5.82 Å². The summed E-state index contributed by atoms with van der Waals surface area (Å²) in [7, 11) is 0. The minimum atomic E-state index is 0.595. The van der Waals surface area contributed by atoms with Gasteiger partial charge in [0.25, 0.3) is 0 Å². The molecule has 1 aliphatic rings. The van der Waals surface area contributed by atoms with Crippen molar-refractivity contribution < 1.29 is 0 Å². The molecule has 3 N–H and O–H groups in total. The van der Waals surface area contributed by atoms with Crippen LogP contribution in [0, 0.1) is 6.92 Å². The molecule has 2 heterocycles. The van der Waals surface area contributed by atoms with E-state index in [0.717, 1.165) is 29.6 Å². The van der Waals surface area contributed by atoms with E-state index < -0.39 is 0 Å². The van der Waals surface area contributed by atoms with Crippen LogP contribution >= 0.6 is 0 Å². The number of nitrogens with one attached hydrogen (secondary N) is 1. The van der Waals surface area contributed by atoms with Crippen molar-refractivity contribution in [1.29, 1.82) is 0 Å². The molecule has 22 heavy (non-hydrogen) atoms. The number of nitrogens with zero attached hydrogens (tertiary/aromatic N) is 2. The van der Waals surface area contributed by atoms with Gasteiger partial charge < -0.3 is 5.73 Å². The van der Waals surface area contributed by atoms with Gasteiger partial charge in [-0.1, -0.05) is 18.2 Å². The number of benzene rings is 1. The van der Waals surface area contributed by atoms with E-state index in [1.807, 2.05) is 0 Å². The van der Waals surface area contributed by atoms with Crippen LogP contribution in [0.5, 0.6) is 0 Å². The molecule has 0 atom stereocenters. The lowest BCUT2D eigenvalue weighted by Crippen LogP contribution is -2.01. The number of pyridine rings is 1. The fourth-order valence-corrected chi connectivity index (χ4v) is 3.54. The van der Waals surface area contributed by atoms with Gasteiger partial charge in [0.05, 0.1) is 5.39 Å². The number of aryl methyl sites for hydroxylation is 4. The van der Waals surface area contributed by atoms with E-state index in [1.165, 1.54) is 36.0 Å². The summed E-state index contributed by atoms with van der Waals surface area (Å²) in [5, 5.41) is 7.89. The predicted molar refractivity (Wildman–Crippen MR) is 88.9 cm³/mol. The lowest BCUT2D eigenvalue weighted by molar-refractivity contribution is 0.875. The Morgan fingerprint density at radius 2 is 2.14 bits per heavy atom. The first-order chi connectivity index (χ1) is 10.7. The van der Waals surface area contributed by atoms with Crippen LogP contribution < -0.4 is 5.73 Å². The van der Waals surface area contributed by atoms with E-state index in [2.05, 4.69) is 46.4 Å². The molecule has 2 aromatic heterocycles. The Kier molecular flexibility index (Phi) is 3.10. The van der Waals surface area contributed by atoms with Gasteiger partial charge in [-0.25, -0.2) is 4.98 Å². The van der Waals surface area contributed by atoms with Gasteiger partial charge in [0.2, 0.25) is 0 Å². The molecule has 4 nitrogen and oxygen atoms in total. The highest BCUT2D eigenvalue weighted by Gasteiger charge is 2.15. The first-order valence-electron chi connectivity index (χ1n) is 7.92. The minimum Gasteiger partial charge on any atom is -0.384 e. The van der Waals surface area contributed by atoms with Gasteiger partial charge in [0.15, 0.2) is 5.65 Å². The SMILES string of the molecule is Cc1cc2c(N)[nH]nc2nc1CCc1cccc2c1CCC2. The van der Waals surface area contributed by atoms with Gasteiger partial charge in [0, 0.05) is 5.69 Å². The lowest BCUT2D eigenvalue weighted by Gasteiger charge is -2.09. The number of nitrogen functional groups attached to an aromatic ring is 1. The monoisotopic (exact) mass is 292 g/mol. The number of H-pyrrole nitrogens is 1. The van der Waals surface area contributed by atoms with Crippen molar-refractivity contribution in [2.75, 3.05) is 5.73 Å². The van der Waals surface area contributed by atoms with Crippen LogP contribution in [0.15, 0.2) is 24.3 Å². The van der Waals surface area contributed by atoms with Gasteiger partial charge in [-0.05, 0) is 67.3 Å². The standard InChI is InChI=1S/C18H20N4/c1-11-10-15-17(19)21-22-18(15)20-16(11)9-8-13-5-2-4-12-6-3-7-14(12)13/h2,4-5,10H,3,6-9H2,1H3,(H3,19,20,21,22). The summed E-state index contributed by atoms with van der Waals surface area (Å²) < 4.78 is 0. The molecule has 0 amide bonds. The van der Waals surface area contributed by atoms with Gasteiger partial charge in [-0.3, -0.25) is 5.10 Å². The number of fused-ring (bicyclic) bond motifs is 2. The van der Waals surface area contributed by atoms with Crippen molar-refractivity contribution in [3.8, 4) is 0 Å². The molecule has 4 rings (SSSR count). The fourth-order valence-electron chi connectivity index (χ4n) is 3.54. The summed E-state index contributed by atoms with van der Waals surface area (Å²) in [6.45, 7) is 2.10. The van der Waals surface area contributed by atoms with Crippen LogP contribution in [0.3, 0.4) is 0 Å². The van der Waals surface area contributed by atoms with E-state index in [0.29, 0.717) is 5.82 Å². The average molecular weight is 292 g/mol. The highest BCUT2D eigenvalue weighted by atomic mass is 15.2. The van der Waals surface area contributed by atoms with Gasteiger partial charge in [-0.15, -0.1) is 0 Å². The molecule has 3 aromatic rings. The Bertz CT molecular complexity index is 848. The van der Waals surface area contributed by atoms with Crippen LogP contribution in [-0.4, -0.2) is 15.2 Å². The molecule has 0 saturated carbocycles. The zero-order chi connectivity index (χ0) is 15.1. The zero-order valence-corrected chi connectivity index (χ0v) is 12.8. The fraction of sp³-hybridized carbons (Fsp3) is 0.333. The second-order valence-corrected chi connectivity index (χ2v) is 6.17. The largest absolute Gasteiger partial charge is 0.384 e. The maximum absolute atomic E-state index is 5.86. The first-order valence-corrected chi connectivity index (χ1v) is 7.92. The molecule has 0 aliphatic heterocycles. The molecular formula is C18H20N4. The maximum atomic E-state index is 5.86. The third kappa shape index (κ3) is 2.15. The second kappa shape index (κ2) is 5.13.